The molecule has 0 saturated carbocycles. The fourth-order valence-corrected chi connectivity index (χ4v) is 2.58. The van der Waals surface area contributed by atoms with Crippen LogP contribution in [0.2, 0.25) is 0 Å². The Labute approximate surface area is 127 Å². The summed E-state index contributed by atoms with van der Waals surface area (Å²) in [4.78, 5) is 38.1. The summed E-state index contributed by atoms with van der Waals surface area (Å²) in [6.07, 6.45) is 1.56. The summed E-state index contributed by atoms with van der Waals surface area (Å²) < 4.78 is 0. The Morgan fingerprint density at radius 1 is 1.19 bits per heavy atom. The first-order valence-electron chi connectivity index (χ1n) is 7.67. The molecule has 0 aromatic rings. The van der Waals surface area contributed by atoms with Crippen molar-refractivity contribution in [3.8, 4) is 0 Å². The van der Waals surface area contributed by atoms with Crippen molar-refractivity contribution in [2.75, 3.05) is 6.54 Å². The largest absolute Gasteiger partial charge is 0.344 e. The summed E-state index contributed by atoms with van der Waals surface area (Å²) in [7, 11) is 0. The van der Waals surface area contributed by atoms with E-state index >= 15 is 0 Å². The molecular weight excluding hydrogens is 268 g/mol. The normalized spacial score (nSPS) is 20.5. The minimum absolute atomic E-state index is 0.0173. The zero-order valence-corrected chi connectivity index (χ0v) is 14.0. The minimum atomic E-state index is -0.604. The van der Waals surface area contributed by atoms with Crippen molar-refractivity contribution in [2.24, 2.45) is 11.3 Å². The number of carbonyl (C=O) groups excluding carboxylic acids is 3. The highest BCUT2D eigenvalue weighted by molar-refractivity contribution is 5.93. The molecule has 5 nitrogen and oxygen atoms in total. The van der Waals surface area contributed by atoms with Gasteiger partial charge in [-0.15, -0.1) is 0 Å². The SMILES string of the molecule is CC(=O)[C@@H]1CCCN1C(=O)[C@@H](NC(=O)C(C)C)C(C)(C)C. The number of nitrogens with one attached hydrogen (secondary N) is 1. The van der Waals surface area contributed by atoms with Crippen molar-refractivity contribution < 1.29 is 14.4 Å². The maximum Gasteiger partial charge on any atom is 0.246 e. The van der Waals surface area contributed by atoms with Gasteiger partial charge < -0.3 is 10.2 Å². The first-order valence-corrected chi connectivity index (χ1v) is 7.67. The molecule has 0 bridgehead atoms. The number of carbonyl (C=O) groups is 3. The maximum atomic E-state index is 12.8. The zero-order chi connectivity index (χ0) is 16.4. The van der Waals surface area contributed by atoms with Gasteiger partial charge >= 0.3 is 0 Å². The molecule has 5 heteroatoms. The van der Waals surface area contributed by atoms with Crippen LogP contribution in [-0.4, -0.2) is 41.1 Å². The first-order chi connectivity index (χ1) is 9.55. The van der Waals surface area contributed by atoms with Gasteiger partial charge in [0.2, 0.25) is 11.8 Å². The lowest BCUT2D eigenvalue weighted by molar-refractivity contribution is -0.143. The Morgan fingerprint density at radius 3 is 2.19 bits per heavy atom. The molecule has 1 fully saturated rings. The lowest BCUT2D eigenvalue weighted by Gasteiger charge is -2.35. The molecule has 1 rings (SSSR count). The summed E-state index contributed by atoms with van der Waals surface area (Å²) in [6.45, 7) is 11.5. The fraction of sp³-hybridized carbons (Fsp3) is 0.812. The van der Waals surface area contributed by atoms with Crippen molar-refractivity contribution in [1.29, 1.82) is 0 Å². The molecule has 0 aliphatic carbocycles. The second-order valence-corrected chi connectivity index (χ2v) is 7.26. The van der Waals surface area contributed by atoms with E-state index in [0.717, 1.165) is 12.8 Å². The predicted molar refractivity (Wildman–Crippen MR) is 81.6 cm³/mol. The Balaban J connectivity index is 2.95. The number of likely N-dealkylation sites (tertiary alicyclic amines) is 1. The zero-order valence-electron chi connectivity index (χ0n) is 14.0. The molecule has 0 radical (unpaired) electrons. The van der Waals surface area contributed by atoms with E-state index < -0.39 is 11.5 Å². The first kappa shape index (κ1) is 17.7. The quantitative estimate of drug-likeness (QED) is 0.859. The van der Waals surface area contributed by atoms with Gasteiger partial charge in [-0.1, -0.05) is 34.6 Å². The van der Waals surface area contributed by atoms with Crippen molar-refractivity contribution in [2.45, 2.75) is 66.5 Å². The Hall–Kier alpha value is -1.39. The van der Waals surface area contributed by atoms with E-state index in [4.69, 9.17) is 0 Å². The maximum absolute atomic E-state index is 12.8. The number of Topliss-reactive ketones (excluding diaryl/α,β-unsaturated/α-hetero) is 1. The van der Waals surface area contributed by atoms with Crippen LogP contribution in [0.3, 0.4) is 0 Å². The van der Waals surface area contributed by atoms with Crippen molar-refractivity contribution in [3.05, 3.63) is 0 Å². The Morgan fingerprint density at radius 2 is 1.76 bits per heavy atom. The van der Waals surface area contributed by atoms with Gasteiger partial charge in [-0.2, -0.15) is 0 Å². The summed E-state index contributed by atoms with van der Waals surface area (Å²) in [5.74, 6) is -0.440. The van der Waals surface area contributed by atoms with E-state index in [1.54, 1.807) is 18.7 Å². The average molecular weight is 296 g/mol. The number of nitrogens with zero attached hydrogens (tertiary/aromatic N) is 1. The highest BCUT2D eigenvalue weighted by Gasteiger charge is 2.40. The molecule has 1 saturated heterocycles. The van der Waals surface area contributed by atoms with Gasteiger partial charge in [-0.25, -0.2) is 0 Å². The van der Waals surface area contributed by atoms with Crippen molar-refractivity contribution in [3.63, 3.8) is 0 Å². The van der Waals surface area contributed by atoms with E-state index in [1.165, 1.54) is 6.92 Å². The van der Waals surface area contributed by atoms with Gasteiger partial charge in [-0.3, -0.25) is 14.4 Å². The molecule has 2 amide bonds. The second-order valence-electron chi connectivity index (χ2n) is 7.26. The van der Waals surface area contributed by atoms with Crippen LogP contribution in [0.25, 0.3) is 0 Å². The summed E-state index contributed by atoms with van der Waals surface area (Å²) >= 11 is 0. The molecule has 1 N–H and O–H groups in total. The monoisotopic (exact) mass is 296 g/mol. The van der Waals surface area contributed by atoms with Gasteiger partial charge in [-0.05, 0) is 25.2 Å². The Kier molecular flexibility index (Phi) is 5.54. The molecule has 0 aromatic heterocycles. The Bertz CT molecular complexity index is 424. The van der Waals surface area contributed by atoms with Gasteiger partial charge in [0.05, 0.1) is 6.04 Å². The lowest BCUT2D eigenvalue weighted by Crippen LogP contribution is -2.57. The average Bonchev–Trinajstić information content (AvgIpc) is 2.82. The lowest BCUT2D eigenvalue weighted by atomic mass is 9.85. The van der Waals surface area contributed by atoms with Crippen LogP contribution in [0, 0.1) is 11.3 Å². The molecule has 1 aliphatic rings. The predicted octanol–water partition coefficient (Wildman–Crippen LogP) is 1.75. The summed E-state index contributed by atoms with van der Waals surface area (Å²) in [6, 6.07) is -0.939. The molecule has 120 valence electrons. The fourth-order valence-electron chi connectivity index (χ4n) is 2.58. The van der Waals surface area contributed by atoms with Crippen LogP contribution in [-0.2, 0) is 14.4 Å². The smallest absolute Gasteiger partial charge is 0.246 e. The number of hydrogen-bond donors (Lipinski definition) is 1. The minimum Gasteiger partial charge on any atom is -0.344 e. The second kappa shape index (κ2) is 6.58. The van der Waals surface area contributed by atoms with E-state index in [-0.39, 0.29) is 29.6 Å². The molecule has 1 heterocycles. The summed E-state index contributed by atoms with van der Waals surface area (Å²) in [5.41, 5.74) is -0.397. The molecule has 1 aliphatic heterocycles. The highest BCUT2D eigenvalue weighted by atomic mass is 16.2. The third-order valence-corrected chi connectivity index (χ3v) is 3.93. The van der Waals surface area contributed by atoms with Crippen LogP contribution < -0.4 is 5.32 Å². The van der Waals surface area contributed by atoms with E-state index in [0.29, 0.717) is 6.54 Å². The van der Waals surface area contributed by atoms with Crippen LogP contribution in [0.4, 0.5) is 0 Å². The van der Waals surface area contributed by atoms with E-state index in [1.807, 2.05) is 20.8 Å². The molecular formula is C16H28N2O3. The van der Waals surface area contributed by atoms with Crippen molar-refractivity contribution >= 4 is 17.6 Å². The number of hydrogen-bond acceptors (Lipinski definition) is 3. The number of amides is 2. The standard InChI is InChI=1S/C16H28N2O3/c1-10(2)14(20)17-13(16(4,5)6)15(21)18-9-7-8-12(18)11(3)19/h10,12-13H,7-9H2,1-6H3,(H,17,20)/t12-,13+/m0/s1. The van der Waals surface area contributed by atoms with E-state index in [9.17, 15) is 14.4 Å². The summed E-state index contributed by atoms with van der Waals surface area (Å²) in [5, 5.41) is 2.85. The van der Waals surface area contributed by atoms with Gasteiger partial charge in [0.15, 0.2) is 5.78 Å². The van der Waals surface area contributed by atoms with Crippen LogP contribution in [0.15, 0.2) is 0 Å². The number of ketones is 1. The molecule has 0 spiro atoms. The number of rotatable bonds is 4. The van der Waals surface area contributed by atoms with Crippen LogP contribution >= 0.6 is 0 Å². The van der Waals surface area contributed by atoms with Crippen LogP contribution in [0.1, 0.15) is 54.4 Å². The van der Waals surface area contributed by atoms with Crippen molar-refractivity contribution in [1.82, 2.24) is 10.2 Å². The molecule has 21 heavy (non-hydrogen) atoms. The molecule has 2 atom stereocenters. The highest BCUT2D eigenvalue weighted by Crippen LogP contribution is 2.26. The third-order valence-electron chi connectivity index (χ3n) is 3.93. The van der Waals surface area contributed by atoms with Gasteiger partial charge in [0, 0.05) is 12.5 Å². The van der Waals surface area contributed by atoms with E-state index in [2.05, 4.69) is 5.32 Å². The topological polar surface area (TPSA) is 66.5 Å². The van der Waals surface area contributed by atoms with Crippen LogP contribution in [0.5, 0.6) is 0 Å². The molecule has 0 aromatic carbocycles. The third kappa shape index (κ3) is 4.29. The van der Waals surface area contributed by atoms with Gasteiger partial charge in [0.25, 0.3) is 0 Å². The van der Waals surface area contributed by atoms with Gasteiger partial charge in [0.1, 0.15) is 6.04 Å². The molecule has 0 unspecified atom stereocenters.